The molecule has 0 amide bonds. The topological polar surface area (TPSA) is 13.1 Å². The number of nitrogens with zero attached hydrogens (tertiary/aromatic N) is 3. The van der Waals surface area contributed by atoms with Crippen molar-refractivity contribution in [3.8, 4) is 0 Å². The molecule has 0 aromatic rings. The fraction of sp³-hybridized carbons (Fsp3) is 0.727. The predicted molar refractivity (Wildman–Crippen MR) is 71.8 cm³/mol. The van der Waals surface area contributed by atoms with Gasteiger partial charge in [-0.2, -0.15) is 0 Å². The van der Waals surface area contributed by atoms with Gasteiger partial charge in [0.15, 0.2) is 0 Å². The molecule has 0 heterocycles. The minimum atomic E-state index is -0.210. The molecule has 0 radical (unpaired) electrons. The Morgan fingerprint density at radius 1 is 1.06 bits per heavy atom. The fourth-order valence-electron chi connectivity index (χ4n) is 1.18. The molecular weight excluding hydrogens is 238 g/mol. The summed E-state index contributed by atoms with van der Waals surface area (Å²) in [5, 5.41) is -0.248. The first-order valence-corrected chi connectivity index (χ1v) is 6.65. The van der Waals surface area contributed by atoms with Crippen LogP contribution in [-0.4, -0.2) is 21.4 Å². The van der Waals surface area contributed by atoms with Crippen LogP contribution in [0.3, 0.4) is 0 Å². The maximum atomic E-state index is 6.97. The van der Waals surface area contributed by atoms with Crippen molar-refractivity contribution >= 4 is 23.5 Å². The average Bonchev–Trinajstić information content (AvgIpc) is 2.25. The van der Waals surface area contributed by atoms with E-state index in [9.17, 15) is 0 Å². The summed E-state index contributed by atoms with van der Waals surface area (Å²) in [5.74, 6) is 0. The molecule has 0 aliphatic heterocycles. The van der Waals surface area contributed by atoms with Gasteiger partial charge in [-0.3, -0.25) is 0 Å². The number of hydrogen-bond acceptors (Lipinski definition) is 2. The van der Waals surface area contributed by atoms with E-state index in [1.165, 1.54) is 0 Å². The van der Waals surface area contributed by atoms with Gasteiger partial charge in [0.05, 0.1) is 4.08 Å². The second-order valence-electron chi connectivity index (χ2n) is 3.46. The summed E-state index contributed by atoms with van der Waals surface area (Å²) in [6, 6.07) is 0. The molecule has 2 unspecified atom stereocenters. The Balaban J connectivity index is 4.57. The van der Waals surface area contributed by atoms with Crippen LogP contribution in [-0.2, 0) is 0 Å². The summed E-state index contributed by atoms with van der Waals surface area (Å²) >= 11 is 3.11. The second-order valence-corrected chi connectivity index (χ2v) is 7.35. The summed E-state index contributed by atoms with van der Waals surface area (Å²) in [5.41, 5.74) is 0. The molecule has 0 saturated carbocycles. The van der Waals surface area contributed by atoms with E-state index in [2.05, 4.69) is 14.5 Å². The highest BCUT2D eigenvalue weighted by Crippen LogP contribution is 2.44. The largest absolute Gasteiger partial charge is 0.317 e. The van der Waals surface area contributed by atoms with Crippen LogP contribution in [0.4, 0.5) is 0 Å². The third kappa shape index (κ3) is 5.91. The Morgan fingerprint density at radius 3 is 1.81 bits per heavy atom. The zero-order chi connectivity index (χ0) is 12.6. The molecule has 3 nitrogen and oxygen atoms in total. The molecule has 0 rings (SSSR count). The molecule has 86 valence electrons. The highest BCUT2D eigenvalue weighted by Gasteiger charge is 2.35. The van der Waals surface area contributed by atoms with Crippen LogP contribution >= 0.6 is 23.5 Å². The van der Waals surface area contributed by atoms with Gasteiger partial charge in [0.25, 0.3) is 10.7 Å². The number of thioether (sulfide) groups is 2. The Morgan fingerprint density at radius 2 is 1.50 bits per heavy atom. The van der Waals surface area contributed by atoms with Gasteiger partial charge < -0.3 is 14.5 Å². The summed E-state index contributed by atoms with van der Waals surface area (Å²) in [4.78, 5) is 10.3. The zero-order valence-corrected chi connectivity index (χ0v) is 11.4. The molecule has 5 heteroatoms. The van der Waals surface area contributed by atoms with Crippen molar-refractivity contribution in [2.24, 2.45) is 0 Å². The third-order valence-electron chi connectivity index (χ3n) is 1.88. The van der Waals surface area contributed by atoms with E-state index < -0.39 is 0 Å². The fourth-order valence-corrected chi connectivity index (χ4v) is 4.20. The van der Waals surface area contributed by atoms with Crippen molar-refractivity contribution in [1.82, 2.24) is 0 Å². The van der Waals surface area contributed by atoms with Crippen LogP contribution in [0.15, 0.2) is 0 Å². The molecule has 0 fully saturated rings. The molecule has 0 bridgehead atoms. The van der Waals surface area contributed by atoms with E-state index in [4.69, 9.17) is 19.7 Å². The first-order chi connectivity index (χ1) is 7.47. The van der Waals surface area contributed by atoms with E-state index in [0.717, 1.165) is 0 Å². The van der Waals surface area contributed by atoms with Gasteiger partial charge in [0, 0.05) is 20.3 Å². The van der Waals surface area contributed by atoms with Gasteiger partial charge in [-0.1, -0.05) is 23.5 Å². The number of rotatable bonds is 6. The Kier molecular flexibility index (Phi) is 7.06. The van der Waals surface area contributed by atoms with Crippen molar-refractivity contribution < 1.29 is 0 Å². The lowest BCUT2D eigenvalue weighted by Crippen LogP contribution is -2.21. The lowest BCUT2D eigenvalue weighted by molar-refractivity contribution is 0.816. The quantitative estimate of drug-likeness (QED) is 0.524. The molecule has 0 spiro atoms. The normalized spacial score (nSPS) is 17.2. The van der Waals surface area contributed by atoms with Crippen molar-refractivity contribution in [1.29, 1.82) is 0 Å². The predicted octanol–water partition coefficient (Wildman–Crippen LogP) is 4.01. The minimum Gasteiger partial charge on any atom is -0.317 e. The maximum Gasteiger partial charge on any atom is 0.267 e. The van der Waals surface area contributed by atoms with Gasteiger partial charge in [0.1, 0.15) is 0 Å². The van der Waals surface area contributed by atoms with E-state index in [1.807, 2.05) is 20.8 Å². The Bertz CT molecular complexity index is 313. The first-order valence-electron chi connectivity index (χ1n) is 4.89. The Labute approximate surface area is 106 Å². The summed E-state index contributed by atoms with van der Waals surface area (Å²) < 4.78 is -0.210. The summed E-state index contributed by atoms with van der Waals surface area (Å²) in [7, 11) is 0. The minimum absolute atomic E-state index is 0.124. The maximum absolute atomic E-state index is 6.97. The monoisotopic (exact) mass is 253 g/mol. The lowest BCUT2D eigenvalue weighted by Gasteiger charge is -2.25. The highest BCUT2D eigenvalue weighted by atomic mass is 32.2. The molecule has 0 aliphatic carbocycles. The highest BCUT2D eigenvalue weighted by molar-refractivity contribution is 8.18. The average molecular weight is 253 g/mol. The van der Waals surface area contributed by atoms with Crippen LogP contribution in [0.5, 0.6) is 0 Å². The molecule has 0 saturated heterocycles. The van der Waals surface area contributed by atoms with Crippen LogP contribution in [0.25, 0.3) is 14.5 Å². The van der Waals surface area contributed by atoms with Gasteiger partial charge in [-0.15, -0.1) is 0 Å². The standard InChI is InChI=1S/C11H15N3S2/c1-9(13-5)15-11(3,7-8-12-4)16-10(2)14-6/h9-10H,7-8H2,1-3H3. The van der Waals surface area contributed by atoms with Crippen molar-refractivity contribution in [3.63, 3.8) is 0 Å². The van der Waals surface area contributed by atoms with Crippen LogP contribution < -0.4 is 0 Å². The number of hydrogen-bond donors (Lipinski definition) is 0. The van der Waals surface area contributed by atoms with E-state index in [1.54, 1.807) is 23.5 Å². The lowest BCUT2D eigenvalue weighted by atomic mass is 10.3. The molecule has 2 atom stereocenters. The smallest absolute Gasteiger partial charge is 0.267 e. The van der Waals surface area contributed by atoms with E-state index >= 15 is 0 Å². The zero-order valence-electron chi connectivity index (χ0n) is 9.73. The van der Waals surface area contributed by atoms with Crippen molar-refractivity contribution in [2.45, 2.75) is 42.0 Å². The molecule has 16 heavy (non-hydrogen) atoms. The third-order valence-corrected chi connectivity index (χ3v) is 4.76. The molecule has 0 aromatic heterocycles. The van der Waals surface area contributed by atoms with Gasteiger partial charge >= 0.3 is 0 Å². The van der Waals surface area contributed by atoms with Crippen molar-refractivity contribution in [2.75, 3.05) is 6.54 Å². The summed E-state index contributed by atoms with van der Waals surface area (Å²) in [6.07, 6.45) is 0.714. The Hall–Kier alpha value is -0.830. The first kappa shape index (κ1) is 15.2. The SMILES string of the molecule is [C-]#[N+]CCC(C)(SC(C)[N+]#[C-])SC(C)[N+]#[C-]. The van der Waals surface area contributed by atoms with Crippen molar-refractivity contribution in [3.05, 3.63) is 34.3 Å². The molecular formula is C11H15N3S2. The molecule has 0 N–H and O–H groups in total. The second kappa shape index (κ2) is 7.44. The molecule has 0 aromatic carbocycles. The summed E-state index contributed by atoms with van der Waals surface area (Å²) in [6.45, 7) is 26.9. The molecule has 0 aliphatic rings. The van der Waals surface area contributed by atoms with E-state index in [0.29, 0.717) is 13.0 Å². The van der Waals surface area contributed by atoms with Gasteiger partial charge in [0.2, 0.25) is 6.54 Å². The van der Waals surface area contributed by atoms with Crippen LogP contribution in [0, 0.1) is 19.7 Å². The van der Waals surface area contributed by atoms with Crippen LogP contribution in [0.1, 0.15) is 27.2 Å². The van der Waals surface area contributed by atoms with E-state index in [-0.39, 0.29) is 14.8 Å². The van der Waals surface area contributed by atoms with Gasteiger partial charge in [-0.25, -0.2) is 19.7 Å². The van der Waals surface area contributed by atoms with Crippen LogP contribution in [0.2, 0.25) is 0 Å². The van der Waals surface area contributed by atoms with Gasteiger partial charge in [-0.05, 0) is 6.92 Å².